The largest absolute Gasteiger partial charge is 0.369 e. The van der Waals surface area contributed by atoms with Crippen molar-refractivity contribution in [1.29, 1.82) is 0 Å². The summed E-state index contributed by atoms with van der Waals surface area (Å²) in [6.07, 6.45) is 1.91. The van der Waals surface area contributed by atoms with Gasteiger partial charge in [-0.05, 0) is 36.4 Å². The molecule has 4 nitrogen and oxygen atoms in total. The highest BCUT2D eigenvalue weighted by Crippen LogP contribution is 2.28. The van der Waals surface area contributed by atoms with Crippen LogP contribution in [0.15, 0.2) is 47.8 Å². The fourth-order valence-corrected chi connectivity index (χ4v) is 4.26. The molecule has 1 aliphatic heterocycles. The lowest BCUT2D eigenvalue weighted by Crippen LogP contribution is -2.34. The maximum atomic E-state index is 12.7. The molecule has 1 amide bonds. The Morgan fingerprint density at radius 3 is 2.81 bits per heavy atom. The number of nitrogens with zero attached hydrogens (tertiary/aromatic N) is 3. The van der Waals surface area contributed by atoms with Crippen molar-refractivity contribution < 1.29 is 4.79 Å². The van der Waals surface area contributed by atoms with E-state index in [1.165, 1.54) is 22.4 Å². The van der Waals surface area contributed by atoms with Crippen LogP contribution in [0.3, 0.4) is 0 Å². The molecule has 1 fully saturated rings. The lowest BCUT2D eigenvalue weighted by molar-refractivity contribution is 0.0772. The molecule has 2 aromatic heterocycles. The Kier molecular flexibility index (Phi) is 4.89. The van der Waals surface area contributed by atoms with Gasteiger partial charge in [-0.15, -0.1) is 11.3 Å². The molecule has 3 aromatic rings. The molecule has 0 bridgehead atoms. The number of carbonyl (C=O) groups is 1. The molecule has 1 aliphatic rings. The maximum absolute atomic E-state index is 12.7. The van der Waals surface area contributed by atoms with Crippen molar-refractivity contribution in [2.24, 2.45) is 0 Å². The fraction of sp³-hybridized carbons (Fsp3) is 0.333. The van der Waals surface area contributed by atoms with Crippen molar-refractivity contribution in [3.05, 3.63) is 58.4 Å². The maximum Gasteiger partial charge on any atom is 0.263 e. The molecule has 3 heterocycles. The molecule has 1 saturated heterocycles. The number of carbonyl (C=O) groups excluding carboxylic acids is 1. The topological polar surface area (TPSA) is 36.4 Å². The Morgan fingerprint density at radius 1 is 1.12 bits per heavy atom. The first kappa shape index (κ1) is 17.0. The molecule has 0 spiro atoms. The second-order valence-corrected chi connectivity index (χ2v) is 7.56. The molecule has 0 N–H and O–H groups in total. The summed E-state index contributed by atoms with van der Waals surface area (Å²) < 4.78 is 0. The van der Waals surface area contributed by atoms with Crippen molar-refractivity contribution >= 4 is 33.8 Å². The van der Waals surface area contributed by atoms with E-state index >= 15 is 0 Å². The summed E-state index contributed by atoms with van der Waals surface area (Å²) in [5.41, 5.74) is 3.42. The third-order valence-corrected chi connectivity index (χ3v) is 5.82. The van der Waals surface area contributed by atoms with Gasteiger partial charge in [0.05, 0.1) is 10.4 Å². The molecule has 0 unspecified atom stereocenters. The van der Waals surface area contributed by atoms with Crippen molar-refractivity contribution in [2.45, 2.75) is 19.8 Å². The lowest BCUT2D eigenvalue weighted by Gasteiger charge is -2.25. The van der Waals surface area contributed by atoms with Crippen LogP contribution in [-0.2, 0) is 6.42 Å². The van der Waals surface area contributed by atoms with Crippen molar-refractivity contribution in [1.82, 2.24) is 9.88 Å². The minimum atomic E-state index is 0.163. The number of fused-ring (bicyclic) bond motifs is 1. The van der Waals surface area contributed by atoms with Crippen molar-refractivity contribution in [2.75, 3.05) is 31.1 Å². The van der Waals surface area contributed by atoms with Crippen LogP contribution in [0.1, 0.15) is 28.7 Å². The van der Waals surface area contributed by atoms with Gasteiger partial charge in [0.1, 0.15) is 0 Å². The van der Waals surface area contributed by atoms with Gasteiger partial charge in [0.25, 0.3) is 5.91 Å². The monoisotopic (exact) mass is 365 g/mol. The smallest absolute Gasteiger partial charge is 0.263 e. The Bertz CT molecular complexity index is 907. The van der Waals surface area contributed by atoms with Crippen molar-refractivity contribution in [3.63, 3.8) is 0 Å². The van der Waals surface area contributed by atoms with Crippen LogP contribution in [-0.4, -0.2) is 42.0 Å². The summed E-state index contributed by atoms with van der Waals surface area (Å²) >= 11 is 1.52. The Morgan fingerprint density at radius 2 is 2.00 bits per heavy atom. The van der Waals surface area contributed by atoms with E-state index in [2.05, 4.69) is 36.1 Å². The molecule has 134 valence electrons. The van der Waals surface area contributed by atoms with E-state index in [4.69, 9.17) is 4.98 Å². The summed E-state index contributed by atoms with van der Waals surface area (Å²) in [5, 5.41) is 3.16. The predicted molar refractivity (Wildman–Crippen MR) is 108 cm³/mol. The van der Waals surface area contributed by atoms with E-state index in [0.29, 0.717) is 0 Å². The third kappa shape index (κ3) is 3.31. The second kappa shape index (κ2) is 7.46. The average Bonchev–Trinajstić information content (AvgIpc) is 3.11. The van der Waals surface area contributed by atoms with Gasteiger partial charge >= 0.3 is 0 Å². The molecular formula is C21H23N3OS. The number of hydrogen-bond acceptors (Lipinski definition) is 4. The van der Waals surface area contributed by atoms with E-state index in [-0.39, 0.29) is 5.91 Å². The number of rotatable bonds is 3. The second-order valence-electron chi connectivity index (χ2n) is 6.61. The zero-order chi connectivity index (χ0) is 17.9. The molecule has 0 saturated carbocycles. The molecular weight excluding hydrogens is 342 g/mol. The fourth-order valence-electron chi connectivity index (χ4n) is 3.57. The van der Waals surface area contributed by atoms with Gasteiger partial charge in [0.15, 0.2) is 0 Å². The van der Waals surface area contributed by atoms with Crippen LogP contribution < -0.4 is 4.90 Å². The first-order chi connectivity index (χ1) is 12.8. The third-order valence-electron chi connectivity index (χ3n) is 4.97. The van der Waals surface area contributed by atoms with E-state index in [1.54, 1.807) is 0 Å². The van der Waals surface area contributed by atoms with E-state index < -0.39 is 0 Å². The Hall–Kier alpha value is -2.40. The van der Waals surface area contributed by atoms with Gasteiger partial charge in [-0.2, -0.15) is 0 Å². The van der Waals surface area contributed by atoms with Gasteiger partial charge in [-0.3, -0.25) is 9.78 Å². The van der Waals surface area contributed by atoms with E-state index in [1.807, 2.05) is 28.5 Å². The van der Waals surface area contributed by atoms with E-state index in [9.17, 15) is 4.79 Å². The summed E-state index contributed by atoms with van der Waals surface area (Å²) in [4.78, 5) is 22.7. The van der Waals surface area contributed by atoms with Crippen molar-refractivity contribution in [3.8, 4) is 0 Å². The number of thiophene rings is 1. The number of aryl methyl sites for hydroxylation is 1. The summed E-state index contributed by atoms with van der Waals surface area (Å²) in [7, 11) is 0. The molecule has 0 radical (unpaired) electrons. The number of benzene rings is 1. The van der Waals surface area contributed by atoms with E-state index in [0.717, 1.165) is 55.1 Å². The zero-order valence-electron chi connectivity index (χ0n) is 15.0. The predicted octanol–water partition coefficient (Wildman–Crippen LogP) is 4.21. The SMILES string of the molecule is CCc1cc(N2CCCN(C(=O)c3cccs3)CC2)c2ccccc2n1. The van der Waals surface area contributed by atoms with Gasteiger partial charge in [-0.1, -0.05) is 31.2 Å². The van der Waals surface area contributed by atoms with Crippen LogP contribution >= 0.6 is 11.3 Å². The number of anilines is 1. The number of amides is 1. The van der Waals surface area contributed by atoms with Crippen LogP contribution in [0.25, 0.3) is 10.9 Å². The van der Waals surface area contributed by atoms with Crippen LogP contribution in [0.5, 0.6) is 0 Å². The lowest BCUT2D eigenvalue weighted by atomic mass is 10.1. The van der Waals surface area contributed by atoms with Gasteiger partial charge in [0.2, 0.25) is 0 Å². The average molecular weight is 366 g/mol. The standard InChI is InChI=1S/C21H23N3OS/c1-2-16-15-19(17-7-3-4-8-18(17)22-16)23-10-6-11-24(13-12-23)21(25)20-9-5-14-26-20/h3-5,7-9,14-15H,2,6,10-13H2,1H3. The molecule has 0 aliphatic carbocycles. The normalized spacial score (nSPS) is 15.3. The molecule has 1 aromatic carbocycles. The molecule has 4 rings (SSSR count). The highest BCUT2D eigenvalue weighted by atomic mass is 32.1. The molecule has 0 atom stereocenters. The van der Waals surface area contributed by atoms with Crippen LogP contribution in [0.4, 0.5) is 5.69 Å². The minimum absolute atomic E-state index is 0.163. The van der Waals surface area contributed by atoms with Crippen LogP contribution in [0, 0.1) is 0 Å². The number of aromatic nitrogens is 1. The summed E-state index contributed by atoms with van der Waals surface area (Å²) in [5.74, 6) is 0.163. The number of para-hydroxylation sites is 1. The van der Waals surface area contributed by atoms with Crippen LogP contribution in [0.2, 0.25) is 0 Å². The summed E-state index contributed by atoms with van der Waals surface area (Å²) in [6, 6.07) is 14.4. The Labute approximate surface area is 158 Å². The number of pyridine rings is 1. The number of hydrogen-bond donors (Lipinski definition) is 0. The first-order valence-electron chi connectivity index (χ1n) is 9.22. The highest BCUT2D eigenvalue weighted by molar-refractivity contribution is 7.12. The quantitative estimate of drug-likeness (QED) is 0.697. The van der Waals surface area contributed by atoms with Gasteiger partial charge in [-0.25, -0.2) is 0 Å². The minimum Gasteiger partial charge on any atom is -0.369 e. The highest BCUT2D eigenvalue weighted by Gasteiger charge is 2.22. The zero-order valence-corrected chi connectivity index (χ0v) is 15.8. The first-order valence-corrected chi connectivity index (χ1v) is 10.1. The molecule has 5 heteroatoms. The van der Waals surface area contributed by atoms with Gasteiger partial charge in [0, 0.05) is 42.9 Å². The van der Waals surface area contributed by atoms with Gasteiger partial charge < -0.3 is 9.80 Å². The molecule has 26 heavy (non-hydrogen) atoms. The summed E-state index contributed by atoms with van der Waals surface area (Å²) in [6.45, 7) is 5.54. The Balaban J connectivity index is 1.60.